The summed E-state index contributed by atoms with van der Waals surface area (Å²) in [5.74, 6) is -0.632. The van der Waals surface area contributed by atoms with Gasteiger partial charge in [0.25, 0.3) is 5.91 Å². The summed E-state index contributed by atoms with van der Waals surface area (Å²) < 4.78 is 0.870. The van der Waals surface area contributed by atoms with E-state index in [-0.39, 0.29) is 12.3 Å². The Labute approximate surface area is 130 Å². The summed E-state index contributed by atoms with van der Waals surface area (Å²) in [6.45, 7) is 0. The van der Waals surface area contributed by atoms with Crippen LogP contribution in [-0.4, -0.2) is 11.8 Å². The Hall–Kier alpha value is -1.89. The van der Waals surface area contributed by atoms with Gasteiger partial charge in [0.1, 0.15) is 0 Å². The lowest BCUT2D eigenvalue weighted by atomic mass is 10.1. The maximum atomic E-state index is 12.2. The average Bonchev–Trinajstić information content (AvgIpc) is 2.41. The van der Waals surface area contributed by atoms with Gasteiger partial charge in [-0.3, -0.25) is 9.59 Å². The number of carbonyl (C=O) groups is 2. The van der Waals surface area contributed by atoms with Gasteiger partial charge in [0.2, 0.25) is 5.91 Å². The van der Waals surface area contributed by atoms with Gasteiger partial charge in [-0.05, 0) is 46.4 Å². The van der Waals surface area contributed by atoms with Crippen LogP contribution in [0.15, 0.2) is 48.5 Å². The minimum absolute atomic E-state index is 0.0995. The summed E-state index contributed by atoms with van der Waals surface area (Å²) >= 11 is 2.11. The molecule has 0 atom stereocenters. The smallest absolute Gasteiger partial charge is 0.256 e. The Morgan fingerprint density at radius 1 is 1.05 bits per heavy atom. The number of benzene rings is 2. The SMILES string of the molecule is NC(=O)Cc1ccccc1NC(=O)c1ccccc1I. The van der Waals surface area contributed by atoms with Gasteiger partial charge in [-0.2, -0.15) is 0 Å². The van der Waals surface area contributed by atoms with Crippen molar-refractivity contribution in [1.29, 1.82) is 0 Å². The van der Waals surface area contributed by atoms with Crippen LogP contribution in [0.1, 0.15) is 15.9 Å². The molecular weight excluding hydrogens is 367 g/mol. The fourth-order valence-electron chi connectivity index (χ4n) is 1.82. The molecule has 0 aliphatic heterocycles. The van der Waals surface area contributed by atoms with Crippen molar-refractivity contribution in [3.05, 3.63) is 63.2 Å². The van der Waals surface area contributed by atoms with Crippen LogP contribution in [-0.2, 0) is 11.2 Å². The number of hydrogen-bond acceptors (Lipinski definition) is 2. The molecule has 3 N–H and O–H groups in total. The summed E-state index contributed by atoms with van der Waals surface area (Å²) in [5.41, 5.74) is 7.12. The summed E-state index contributed by atoms with van der Waals surface area (Å²) in [6, 6.07) is 14.4. The molecule has 2 aromatic carbocycles. The third-order valence-corrected chi connectivity index (χ3v) is 3.69. The van der Waals surface area contributed by atoms with Gasteiger partial charge in [0.05, 0.1) is 12.0 Å². The lowest BCUT2D eigenvalue weighted by Crippen LogP contribution is -2.18. The number of anilines is 1. The van der Waals surface area contributed by atoms with E-state index < -0.39 is 5.91 Å². The zero-order chi connectivity index (χ0) is 14.5. The summed E-state index contributed by atoms with van der Waals surface area (Å²) in [7, 11) is 0. The molecule has 0 aliphatic carbocycles. The summed E-state index contributed by atoms with van der Waals surface area (Å²) in [6.07, 6.45) is 0.0995. The molecule has 0 spiro atoms. The van der Waals surface area contributed by atoms with E-state index in [1.54, 1.807) is 30.3 Å². The minimum atomic E-state index is -0.430. The van der Waals surface area contributed by atoms with Gasteiger partial charge in [-0.15, -0.1) is 0 Å². The molecule has 4 nitrogen and oxygen atoms in total. The van der Waals surface area contributed by atoms with Crippen LogP contribution in [0.25, 0.3) is 0 Å². The van der Waals surface area contributed by atoms with Crippen LogP contribution in [0.4, 0.5) is 5.69 Å². The van der Waals surface area contributed by atoms with Gasteiger partial charge in [-0.25, -0.2) is 0 Å². The quantitative estimate of drug-likeness (QED) is 0.801. The lowest BCUT2D eigenvalue weighted by Gasteiger charge is -2.10. The highest BCUT2D eigenvalue weighted by Crippen LogP contribution is 2.18. The van der Waals surface area contributed by atoms with Gasteiger partial charge in [0, 0.05) is 9.26 Å². The number of halogens is 1. The predicted molar refractivity (Wildman–Crippen MR) is 86.5 cm³/mol. The second kappa shape index (κ2) is 6.51. The van der Waals surface area contributed by atoms with Crippen LogP contribution in [0.2, 0.25) is 0 Å². The summed E-state index contributed by atoms with van der Waals surface area (Å²) in [4.78, 5) is 23.3. The van der Waals surface area contributed by atoms with Crippen molar-refractivity contribution < 1.29 is 9.59 Å². The summed E-state index contributed by atoms with van der Waals surface area (Å²) in [5, 5.41) is 2.82. The fraction of sp³-hybridized carbons (Fsp3) is 0.0667. The van der Waals surface area contributed by atoms with Crippen LogP contribution >= 0.6 is 22.6 Å². The highest BCUT2D eigenvalue weighted by atomic mass is 127. The molecule has 0 radical (unpaired) electrons. The van der Waals surface area contributed by atoms with Crippen molar-refractivity contribution in [3.8, 4) is 0 Å². The van der Waals surface area contributed by atoms with E-state index in [4.69, 9.17) is 5.73 Å². The zero-order valence-electron chi connectivity index (χ0n) is 10.6. The van der Waals surface area contributed by atoms with Crippen molar-refractivity contribution in [3.63, 3.8) is 0 Å². The molecule has 0 bridgehead atoms. The first kappa shape index (κ1) is 14.5. The minimum Gasteiger partial charge on any atom is -0.369 e. The third kappa shape index (κ3) is 3.57. The van der Waals surface area contributed by atoms with Crippen molar-refractivity contribution in [2.45, 2.75) is 6.42 Å². The number of para-hydroxylation sites is 1. The normalized spacial score (nSPS) is 10.1. The largest absolute Gasteiger partial charge is 0.369 e. The van der Waals surface area contributed by atoms with Crippen LogP contribution in [0.5, 0.6) is 0 Å². The maximum Gasteiger partial charge on any atom is 0.256 e. The molecule has 0 saturated carbocycles. The molecule has 2 amide bonds. The molecule has 20 heavy (non-hydrogen) atoms. The second-order valence-electron chi connectivity index (χ2n) is 4.23. The maximum absolute atomic E-state index is 12.2. The molecule has 2 aromatic rings. The van der Waals surface area contributed by atoms with Gasteiger partial charge in [0.15, 0.2) is 0 Å². The molecule has 0 aliphatic rings. The van der Waals surface area contributed by atoms with E-state index in [1.807, 2.05) is 18.2 Å². The number of amides is 2. The fourth-order valence-corrected chi connectivity index (χ4v) is 2.45. The lowest BCUT2D eigenvalue weighted by molar-refractivity contribution is -0.117. The monoisotopic (exact) mass is 380 g/mol. The Morgan fingerprint density at radius 2 is 1.70 bits per heavy atom. The van der Waals surface area contributed by atoms with Crippen molar-refractivity contribution >= 4 is 40.1 Å². The van der Waals surface area contributed by atoms with Gasteiger partial charge >= 0.3 is 0 Å². The van der Waals surface area contributed by atoms with E-state index >= 15 is 0 Å². The first-order chi connectivity index (χ1) is 9.58. The van der Waals surface area contributed by atoms with Gasteiger partial charge in [-0.1, -0.05) is 30.3 Å². The molecule has 5 heteroatoms. The van der Waals surface area contributed by atoms with Crippen molar-refractivity contribution in [1.82, 2.24) is 0 Å². The van der Waals surface area contributed by atoms with E-state index in [2.05, 4.69) is 27.9 Å². The standard InChI is InChI=1S/C15H13IN2O2/c16-12-7-3-2-6-11(12)15(20)18-13-8-4-1-5-10(13)9-14(17)19/h1-8H,9H2,(H2,17,19)(H,18,20). The molecule has 102 valence electrons. The highest BCUT2D eigenvalue weighted by Gasteiger charge is 2.12. The number of primary amides is 1. The Morgan fingerprint density at radius 3 is 2.40 bits per heavy atom. The zero-order valence-corrected chi connectivity index (χ0v) is 12.8. The second-order valence-corrected chi connectivity index (χ2v) is 5.40. The number of hydrogen-bond donors (Lipinski definition) is 2. The predicted octanol–water partition coefficient (Wildman–Crippen LogP) is 2.57. The first-order valence-electron chi connectivity index (χ1n) is 6.00. The van der Waals surface area contributed by atoms with Crippen LogP contribution in [0, 0.1) is 3.57 Å². The van der Waals surface area contributed by atoms with Gasteiger partial charge < -0.3 is 11.1 Å². The molecule has 0 fully saturated rings. The Kier molecular flexibility index (Phi) is 4.73. The average molecular weight is 380 g/mol. The topological polar surface area (TPSA) is 72.2 Å². The molecule has 0 unspecified atom stereocenters. The number of rotatable bonds is 4. The number of nitrogens with two attached hydrogens (primary N) is 1. The van der Waals surface area contributed by atoms with E-state index in [1.165, 1.54) is 0 Å². The van der Waals surface area contributed by atoms with Crippen LogP contribution < -0.4 is 11.1 Å². The van der Waals surface area contributed by atoms with Crippen molar-refractivity contribution in [2.75, 3.05) is 5.32 Å². The Bertz CT molecular complexity index is 656. The van der Waals surface area contributed by atoms with Crippen molar-refractivity contribution in [2.24, 2.45) is 5.73 Å². The molecule has 2 rings (SSSR count). The highest BCUT2D eigenvalue weighted by molar-refractivity contribution is 14.1. The number of carbonyl (C=O) groups excluding carboxylic acids is 2. The number of nitrogens with one attached hydrogen (secondary N) is 1. The molecular formula is C15H13IN2O2. The van der Waals surface area contributed by atoms with E-state index in [9.17, 15) is 9.59 Å². The van der Waals surface area contributed by atoms with Crippen LogP contribution in [0.3, 0.4) is 0 Å². The molecule has 0 aromatic heterocycles. The molecule has 0 saturated heterocycles. The Balaban J connectivity index is 2.24. The van der Waals surface area contributed by atoms with E-state index in [0.29, 0.717) is 16.8 Å². The first-order valence-corrected chi connectivity index (χ1v) is 7.08. The molecule has 0 heterocycles. The van der Waals surface area contributed by atoms with E-state index in [0.717, 1.165) is 3.57 Å². The third-order valence-electron chi connectivity index (χ3n) is 2.75.